The van der Waals surface area contributed by atoms with Crippen molar-refractivity contribution in [2.45, 2.75) is 11.3 Å². The summed E-state index contributed by atoms with van der Waals surface area (Å²) < 4.78 is 0. The standard InChI is InChI=1S/C10H12ClNS/c1-2-3-6-13-10-7-8(11)4-5-9(10)12/h2,4-5,7H,1,3,6,12H2. The van der Waals surface area contributed by atoms with E-state index in [1.165, 1.54) is 0 Å². The Balaban J connectivity index is 2.64. The summed E-state index contributed by atoms with van der Waals surface area (Å²) in [6.45, 7) is 3.66. The number of halogens is 1. The van der Waals surface area contributed by atoms with Crippen LogP contribution in [-0.2, 0) is 0 Å². The fourth-order valence-corrected chi connectivity index (χ4v) is 2.07. The molecule has 2 N–H and O–H groups in total. The second kappa shape index (κ2) is 5.20. The third kappa shape index (κ3) is 3.33. The summed E-state index contributed by atoms with van der Waals surface area (Å²) in [5.74, 6) is 0.994. The van der Waals surface area contributed by atoms with Gasteiger partial charge in [0.15, 0.2) is 0 Å². The molecule has 0 aliphatic carbocycles. The second-order valence-corrected chi connectivity index (χ2v) is 4.18. The van der Waals surface area contributed by atoms with E-state index < -0.39 is 0 Å². The third-order valence-corrected chi connectivity index (χ3v) is 2.89. The van der Waals surface area contributed by atoms with Crippen molar-refractivity contribution in [3.63, 3.8) is 0 Å². The largest absolute Gasteiger partial charge is 0.398 e. The van der Waals surface area contributed by atoms with Gasteiger partial charge in [-0.05, 0) is 24.6 Å². The molecule has 70 valence electrons. The van der Waals surface area contributed by atoms with Crippen molar-refractivity contribution in [1.29, 1.82) is 0 Å². The molecule has 1 nitrogen and oxygen atoms in total. The van der Waals surface area contributed by atoms with Crippen LogP contribution in [0, 0.1) is 0 Å². The molecule has 1 aromatic carbocycles. The first-order chi connectivity index (χ1) is 6.24. The molecule has 0 unspecified atom stereocenters. The predicted molar refractivity (Wildman–Crippen MR) is 61.4 cm³/mol. The summed E-state index contributed by atoms with van der Waals surface area (Å²) in [7, 11) is 0. The van der Waals surface area contributed by atoms with Gasteiger partial charge in [-0.25, -0.2) is 0 Å². The molecule has 1 aromatic rings. The first-order valence-electron chi connectivity index (χ1n) is 4.02. The summed E-state index contributed by atoms with van der Waals surface area (Å²) in [6.07, 6.45) is 2.88. The maximum Gasteiger partial charge on any atom is 0.0453 e. The molecule has 0 aliphatic heterocycles. The van der Waals surface area contributed by atoms with E-state index in [1.54, 1.807) is 17.8 Å². The summed E-state index contributed by atoms with van der Waals surface area (Å²) in [6, 6.07) is 5.53. The van der Waals surface area contributed by atoms with Crippen molar-refractivity contribution in [3.05, 3.63) is 35.9 Å². The molecule has 0 bridgehead atoms. The number of allylic oxidation sites excluding steroid dienone is 1. The fraction of sp³-hybridized carbons (Fsp3) is 0.200. The summed E-state index contributed by atoms with van der Waals surface area (Å²) in [5, 5.41) is 0.732. The number of thioether (sulfide) groups is 1. The zero-order valence-electron chi connectivity index (χ0n) is 7.29. The quantitative estimate of drug-likeness (QED) is 0.358. The second-order valence-electron chi connectivity index (χ2n) is 2.61. The van der Waals surface area contributed by atoms with Gasteiger partial charge in [0.05, 0.1) is 0 Å². The van der Waals surface area contributed by atoms with Crippen LogP contribution in [0.1, 0.15) is 6.42 Å². The van der Waals surface area contributed by atoms with Crippen molar-refractivity contribution in [2.75, 3.05) is 11.5 Å². The van der Waals surface area contributed by atoms with Crippen molar-refractivity contribution in [3.8, 4) is 0 Å². The predicted octanol–water partition coefficient (Wildman–Crippen LogP) is 3.59. The van der Waals surface area contributed by atoms with Crippen LogP contribution < -0.4 is 5.73 Å². The lowest BCUT2D eigenvalue weighted by molar-refractivity contribution is 1.25. The highest BCUT2D eigenvalue weighted by Crippen LogP contribution is 2.28. The van der Waals surface area contributed by atoms with E-state index in [0.29, 0.717) is 0 Å². The van der Waals surface area contributed by atoms with Crippen LogP contribution in [-0.4, -0.2) is 5.75 Å². The van der Waals surface area contributed by atoms with E-state index >= 15 is 0 Å². The van der Waals surface area contributed by atoms with Crippen molar-refractivity contribution < 1.29 is 0 Å². The van der Waals surface area contributed by atoms with Crippen LogP contribution in [0.4, 0.5) is 5.69 Å². The number of nitrogen functional groups attached to an aromatic ring is 1. The van der Waals surface area contributed by atoms with Gasteiger partial charge in [0.25, 0.3) is 0 Å². The van der Waals surface area contributed by atoms with Gasteiger partial charge in [-0.1, -0.05) is 17.7 Å². The average Bonchev–Trinajstić information content (AvgIpc) is 2.11. The number of benzene rings is 1. The van der Waals surface area contributed by atoms with Crippen LogP contribution in [0.15, 0.2) is 35.7 Å². The highest BCUT2D eigenvalue weighted by atomic mass is 35.5. The van der Waals surface area contributed by atoms with Gasteiger partial charge in [0.2, 0.25) is 0 Å². The average molecular weight is 214 g/mol. The first kappa shape index (κ1) is 10.5. The molecule has 3 heteroatoms. The topological polar surface area (TPSA) is 26.0 Å². The summed E-state index contributed by atoms with van der Waals surface area (Å²) in [5.41, 5.74) is 6.56. The molecule has 0 saturated heterocycles. The Kier molecular flexibility index (Phi) is 4.19. The fourth-order valence-electron chi connectivity index (χ4n) is 0.885. The highest BCUT2D eigenvalue weighted by Gasteiger charge is 1.99. The Hall–Kier alpha value is -0.600. The van der Waals surface area contributed by atoms with Crippen LogP contribution in [0.2, 0.25) is 5.02 Å². The number of hydrogen-bond acceptors (Lipinski definition) is 2. The van der Waals surface area contributed by atoms with Gasteiger partial charge in [0.1, 0.15) is 0 Å². The number of rotatable bonds is 4. The molecule has 13 heavy (non-hydrogen) atoms. The highest BCUT2D eigenvalue weighted by molar-refractivity contribution is 7.99. The van der Waals surface area contributed by atoms with Crippen LogP contribution in [0.25, 0.3) is 0 Å². The summed E-state index contributed by atoms with van der Waals surface area (Å²) in [4.78, 5) is 1.05. The van der Waals surface area contributed by atoms with Crippen LogP contribution in [0.3, 0.4) is 0 Å². The van der Waals surface area contributed by atoms with E-state index in [9.17, 15) is 0 Å². The van der Waals surface area contributed by atoms with Gasteiger partial charge in [-0.3, -0.25) is 0 Å². The molecule has 0 spiro atoms. The molecular weight excluding hydrogens is 202 g/mol. The van der Waals surface area contributed by atoms with E-state index in [2.05, 4.69) is 6.58 Å². The monoisotopic (exact) mass is 213 g/mol. The Bertz CT molecular complexity index is 299. The van der Waals surface area contributed by atoms with Crippen molar-refractivity contribution >= 4 is 29.1 Å². The van der Waals surface area contributed by atoms with Gasteiger partial charge in [-0.15, -0.1) is 18.3 Å². The van der Waals surface area contributed by atoms with Crippen LogP contribution >= 0.6 is 23.4 Å². The maximum absolute atomic E-state index is 5.84. The summed E-state index contributed by atoms with van der Waals surface area (Å²) >= 11 is 7.55. The molecular formula is C10H12ClNS. The molecule has 0 fully saturated rings. The smallest absolute Gasteiger partial charge is 0.0453 e. The van der Waals surface area contributed by atoms with E-state index in [0.717, 1.165) is 27.8 Å². The Morgan fingerprint density at radius 3 is 3.00 bits per heavy atom. The molecule has 0 heterocycles. The lowest BCUT2D eigenvalue weighted by atomic mass is 10.3. The maximum atomic E-state index is 5.84. The minimum atomic E-state index is 0.732. The SMILES string of the molecule is C=CCCSc1cc(Cl)ccc1N. The Morgan fingerprint density at radius 2 is 2.31 bits per heavy atom. The van der Waals surface area contributed by atoms with Crippen molar-refractivity contribution in [2.24, 2.45) is 0 Å². The minimum absolute atomic E-state index is 0.732. The zero-order chi connectivity index (χ0) is 9.68. The molecule has 0 radical (unpaired) electrons. The third-order valence-electron chi connectivity index (χ3n) is 1.56. The van der Waals surface area contributed by atoms with Gasteiger partial charge in [-0.2, -0.15) is 0 Å². The lowest BCUT2D eigenvalue weighted by Crippen LogP contribution is -1.88. The first-order valence-corrected chi connectivity index (χ1v) is 5.39. The Labute approximate surface area is 88.0 Å². The lowest BCUT2D eigenvalue weighted by Gasteiger charge is -2.04. The number of anilines is 1. The van der Waals surface area contributed by atoms with Crippen molar-refractivity contribution in [1.82, 2.24) is 0 Å². The van der Waals surface area contributed by atoms with E-state index in [4.69, 9.17) is 17.3 Å². The molecule has 0 saturated carbocycles. The number of hydrogen-bond donors (Lipinski definition) is 1. The van der Waals surface area contributed by atoms with Gasteiger partial charge >= 0.3 is 0 Å². The molecule has 0 aliphatic rings. The van der Waals surface area contributed by atoms with Crippen LogP contribution in [0.5, 0.6) is 0 Å². The van der Waals surface area contributed by atoms with Gasteiger partial charge in [0, 0.05) is 21.4 Å². The minimum Gasteiger partial charge on any atom is -0.398 e. The molecule has 0 atom stereocenters. The van der Waals surface area contributed by atoms with Gasteiger partial charge < -0.3 is 5.73 Å². The molecule has 0 amide bonds. The van der Waals surface area contributed by atoms with E-state index in [1.807, 2.05) is 18.2 Å². The normalized spacial score (nSPS) is 9.92. The van der Waals surface area contributed by atoms with E-state index in [-0.39, 0.29) is 0 Å². The number of nitrogens with two attached hydrogens (primary N) is 1. The zero-order valence-corrected chi connectivity index (χ0v) is 8.87. The molecule has 1 rings (SSSR count). The Morgan fingerprint density at radius 1 is 1.54 bits per heavy atom. The molecule has 0 aromatic heterocycles.